The van der Waals surface area contributed by atoms with Crippen LogP contribution < -0.4 is 14.9 Å². The number of methoxy groups -OCH3 is 1. The van der Waals surface area contributed by atoms with Crippen molar-refractivity contribution in [2.45, 2.75) is 0 Å². The normalized spacial score (nSPS) is 10.9. The Morgan fingerprint density at radius 2 is 1.50 bits per heavy atom. The van der Waals surface area contributed by atoms with Gasteiger partial charge in [0, 0.05) is 10.9 Å². The summed E-state index contributed by atoms with van der Waals surface area (Å²) in [6.07, 6.45) is 1.52. The van der Waals surface area contributed by atoms with Gasteiger partial charge in [-0.1, -0.05) is 48.5 Å². The number of rotatable bonds is 7. The van der Waals surface area contributed by atoms with Crippen LogP contribution >= 0.6 is 0 Å². The van der Waals surface area contributed by atoms with Crippen LogP contribution in [0.2, 0.25) is 0 Å². The molecular formula is C31H23N3O4. The summed E-state index contributed by atoms with van der Waals surface area (Å²) in [5.74, 6) is 0.214. The van der Waals surface area contributed by atoms with Gasteiger partial charge in [-0.2, -0.15) is 5.10 Å². The van der Waals surface area contributed by atoms with E-state index in [1.807, 2.05) is 48.5 Å². The number of hydrazone groups is 1. The van der Waals surface area contributed by atoms with Crippen molar-refractivity contribution in [1.82, 2.24) is 10.4 Å². The summed E-state index contributed by atoms with van der Waals surface area (Å²) in [4.78, 5) is 30.1. The highest BCUT2D eigenvalue weighted by Gasteiger charge is 2.15. The molecule has 0 atom stereocenters. The standard InChI is InChI=1S/C31H23N3O4/c1-37-25-16-17-28-26(18-25)27(19-29(33-28)22-8-4-2-5-9-22)30(35)34-32-20-21-12-14-24(15-13-21)38-31(36)23-10-6-3-7-11-23/h2-20H,1H3,(H,34,35). The minimum Gasteiger partial charge on any atom is -0.497 e. The van der Waals surface area contributed by atoms with Gasteiger partial charge in [-0.15, -0.1) is 0 Å². The molecule has 0 spiro atoms. The Balaban J connectivity index is 1.33. The number of nitrogens with zero attached hydrogens (tertiary/aromatic N) is 2. The Hall–Kier alpha value is -5.30. The number of ether oxygens (including phenoxy) is 2. The molecule has 7 nitrogen and oxygen atoms in total. The molecule has 5 aromatic rings. The molecule has 0 aliphatic carbocycles. The summed E-state index contributed by atoms with van der Waals surface area (Å²) >= 11 is 0. The van der Waals surface area contributed by atoms with E-state index in [4.69, 9.17) is 14.5 Å². The van der Waals surface area contributed by atoms with Gasteiger partial charge in [0.15, 0.2) is 0 Å². The lowest BCUT2D eigenvalue weighted by molar-refractivity contribution is 0.0734. The van der Waals surface area contributed by atoms with Gasteiger partial charge >= 0.3 is 5.97 Å². The molecule has 0 saturated carbocycles. The van der Waals surface area contributed by atoms with Crippen molar-refractivity contribution >= 4 is 29.0 Å². The zero-order valence-corrected chi connectivity index (χ0v) is 20.5. The molecule has 0 radical (unpaired) electrons. The third kappa shape index (κ3) is 5.57. The predicted molar refractivity (Wildman–Crippen MR) is 147 cm³/mol. The first-order valence-electron chi connectivity index (χ1n) is 11.9. The van der Waals surface area contributed by atoms with Crippen LogP contribution in [0.3, 0.4) is 0 Å². The van der Waals surface area contributed by atoms with E-state index in [1.165, 1.54) is 6.21 Å². The Morgan fingerprint density at radius 1 is 0.816 bits per heavy atom. The number of benzene rings is 4. The average molecular weight is 502 g/mol. The molecule has 1 N–H and O–H groups in total. The van der Waals surface area contributed by atoms with Crippen LogP contribution in [0.1, 0.15) is 26.3 Å². The number of amides is 1. The van der Waals surface area contributed by atoms with Crippen LogP contribution in [0.5, 0.6) is 11.5 Å². The van der Waals surface area contributed by atoms with Crippen LogP contribution in [0.4, 0.5) is 0 Å². The molecule has 38 heavy (non-hydrogen) atoms. The van der Waals surface area contributed by atoms with Gasteiger partial charge in [-0.25, -0.2) is 15.2 Å². The summed E-state index contributed by atoms with van der Waals surface area (Å²) in [5, 5.41) is 4.78. The van der Waals surface area contributed by atoms with E-state index in [0.717, 1.165) is 11.1 Å². The van der Waals surface area contributed by atoms with E-state index < -0.39 is 5.97 Å². The maximum Gasteiger partial charge on any atom is 0.343 e. The number of carbonyl (C=O) groups is 2. The number of esters is 1. The third-order valence-corrected chi connectivity index (χ3v) is 5.81. The third-order valence-electron chi connectivity index (χ3n) is 5.81. The molecule has 1 heterocycles. The Kier molecular flexibility index (Phi) is 7.18. The summed E-state index contributed by atoms with van der Waals surface area (Å²) < 4.78 is 10.7. The van der Waals surface area contributed by atoms with Gasteiger partial charge in [0.2, 0.25) is 0 Å². The van der Waals surface area contributed by atoms with Crippen molar-refractivity contribution in [3.8, 4) is 22.8 Å². The van der Waals surface area contributed by atoms with E-state index in [0.29, 0.717) is 39.2 Å². The van der Waals surface area contributed by atoms with E-state index in [9.17, 15) is 9.59 Å². The van der Waals surface area contributed by atoms with Crippen LogP contribution in [0.15, 0.2) is 114 Å². The smallest absolute Gasteiger partial charge is 0.343 e. The van der Waals surface area contributed by atoms with Gasteiger partial charge in [0.05, 0.1) is 35.7 Å². The number of pyridine rings is 1. The van der Waals surface area contributed by atoms with Gasteiger partial charge in [0.1, 0.15) is 11.5 Å². The maximum absolute atomic E-state index is 13.2. The van der Waals surface area contributed by atoms with Crippen molar-refractivity contribution in [3.05, 3.63) is 126 Å². The van der Waals surface area contributed by atoms with Crippen molar-refractivity contribution in [2.75, 3.05) is 7.11 Å². The lowest BCUT2D eigenvalue weighted by atomic mass is 10.0. The first-order valence-corrected chi connectivity index (χ1v) is 11.9. The largest absolute Gasteiger partial charge is 0.497 e. The molecule has 1 aromatic heterocycles. The molecule has 0 aliphatic rings. The number of fused-ring (bicyclic) bond motifs is 1. The predicted octanol–water partition coefficient (Wildman–Crippen LogP) is 5.89. The molecule has 0 fully saturated rings. The molecule has 0 saturated heterocycles. The fraction of sp³-hybridized carbons (Fsp3) is 0.0323. The number of nitrogens with one attached hydrogen (secondary N) is 1. The fourth-order valence-corrected chi connectivity index (χ4v) is 3.86. The molecule has 5 rings (SSSR count). The quantitative estimate of drug-likeness (QED) is 0.130. The SMILES string of the molecule is COc1ccc2nc(-c3ccccc3)cc(C(=O)NN=Cc3ccc(OC(=O)c4ccccc4)cc3)c2c1. The minimum atomic E-state index is -0.435. The zero-order valence-electron chi connectivity index (χ0n) is 20.5. The number of aromatic nitrogens is 1. The molecule has 0 aliphatic heterocycles. The van der Waals surface area contributed by atoms with Crippen LogP contribution in [-0.2, 0) is 0 Å². The van der Waals surface area contributed by atoms with E-state index in [-0.39, 0.29) is 5.91 Å². The highest BCUT2D eigenvalue weighted by molar-refractivity contribution is 6.07. The maximum atomic E-state index is 13.2. The molecule has 4 aromatic carbocycles. The lowest BCUT2D eigenvalue weighted by Crippen LogP contribution is -2.18. The fourth-order valence-electron chi connectivity index (χ4n) is 3.86. The van der Waals surface area contributed by atoms with Gasteiger partial charge in [-0.3, -0.25) is 4.79 Å². The highest BCUT2D eigenvalue weighted by Crippen LogP contribution is 2.27. The molecule has 0 bridgehead atoms. The van der Waals surface area contributed by atoms with Crippen LogP contribution in [0, 0.1) is 0 Å². The van der Waals surface area contributed by atoms with Gasteiger partial charge in [0.25, 0.3) is 5.91 Å². The number of hydrogen-bond donors (Lipinski definition) is 1. The monoisotopic (exact) mass is 501 g/mol. The van der Waals surface area contributed by atoms with Crippen molar-refractivity contribution < 1.29 is 19.1 Å². The summed E-state index contributed by atoms with van der Waals surface area (Å²) in [5.41, 5.74) is 6.46. The summed E-state index contributed by atoms with van der Waals surface area (Å²) in [7, 11) is 1.57. The van der Waals surface area contributed by atoms with E-state index >= 15 is 0 Å². The Labute approximate surface area is 219 Å². The van der Waals surface area contributed by atoms with E-state index in [1.54, 1.807) is 67.8 Å². The summed E-state index contributed by atoms with van der Waals surface area (Å²) in [6.45, 7) is 0. The Morgan fingerprint density at radius 3 is 2.21 bits per heavy atom. The molecular weight excluding hydrogens is 478 g/mol. The molecule has 7 heteroatoms. The van der Waals surface area contributed by atoms with Crippen molar-refractivity contribution in [3.63, 3.8) is 0 Å². The molecule has 0 unspecified atom stereocenters. The topological polar surface area (TPSA) is 89.9 Å². The first kappa shape index (κ1) is 24.4. The number of carbonyl (C=O) groups excluding carboxylic acids is 2. The van der Waals surface area contributed by atoms with E-state index in [2.05, 4.69) is 10.5 Å². The van der Waals surface area contributed by atoms with Crippen LogP contribution in [0.25, 0.3) is 22.2 Å². The minimum absolute atomic E-state index is 0.382. The van der Waals surface area contributed by atoms with Crippen molar-refractivity contribution in [2.24, 2.45) is 5.10 Å². The second-order valence-electron chi connectivity index (χ2n) is 8.33. The average Bonchev–Trinajstić information content (AvgIpc) is 2.98. The van der Waals surface area contributed by atoms with Crippen molar-refractivity contribution in [1.29, 1.82) is 0 Å². The lowest BCUT2D eigenvalue weighted by Gasteiger charge is -2.10. The first-order chi connectivity index (χ1) is 18.6. The second-order valence-corrected chi connectivity index (χ2v) is 8.33. The molecule has 186 valence electrons. The Bertz CT molecular complexity index is 1620. The zero-order chi connectivity index (χ0) is 26.3. The number of hydrogen-bond acceptors (Lipinski definition) is 6. The van der Waals surface area contributed by atoms with Gasteiger partial charge < -0.3 is 9.47 Å². The highest BCUT2D eigenvalue weighted by atomic mass is 16.5. The summed E-state index contributed by atoms with van der Waals surface area (Å²) in [6, 6.07) is 32.4. The second kappa shape index (κ2) is 11.2. The van der Waals surface area contributed by atoms with Crippen LogP contribution in [-0.4, -0.2) is 30.2 Å². The molecule has 1 amide bonds. The van der Waals surface area contributed by atoms with Gasteiger partial charge in [-0.05, 0) is 66.2 Å².